The van der Waals surface area contributed by atoms with Gasteiger partial charge in [-0.1, -0.05) is 47.0 Å². The Morgan fingerprint density at radius 3 is 2.67 bits per heavy atom. The third-order valence-electron chi connectivity index (χ3n) is 2.53. The summed E-state index contributed by atoms with van der Waals surface area (Å²) < 4.78 is 14.3. The molecule has 5 heteroatoms. The van der Waals surface area contributed by atoms with E-state index in [0.29, 0.717) is 12.1 Å². The molecule has 0 aliphatic carbocycles. The van der Waals surface area contributed by atoms with Crippen molar-refractivity contribution in [1.29, 1.82) is 0 Å². The van der Waals surface area contributed by atoms with Gasteiger partial charge in [0.2, 0.25) is 0 Å². The minimum atomic E-state index is -0.564. The monoisotopic (exact) mass is 383 g/mol. The van der Waals surface area contributed by atoms with Gasteiger partial charge in [-0.3, -0.25) is 4.79 Å². The summed E-state index contributed by atoms with van der Waals surface area (Å²) in [6.45, 7) is 0.629. The van der Waals surface area contributed by atoms with E-state index >= 15 is 0 Å². The van der Waals surface area contributed by atoms with Crippen LogP contribution in [0.5, 0.6) is 0 Å². The highest BCUT2D eigenvalue weighted by Crippen LogP contribution is 2.15. The van der Waals surface area contributed by atoms with Crippen molar-refractivity contribution in [1.82, 2.24) is 5.32 Å². The average molecular weight is 384 g/mol. The van der Waals surface area contributed by atoms with E-state index in [9.17, 15) is 9.18 Å². The molecule has 0 spiro atoms. The molecule has 1 aromatic rings. The Balaban J connectivity index is 2.30. The Hall–Kier alpha value is -0.360. The van der Waals surface area contributed by atoms with Gasteiger partial charge in [0.15, 0.2) is 0 Å². The number of hydrogen-bond acceptors (Lipinski definition) is 1. The molecule has 0 aliphatic heterocycles. The van der Waals surface area contributed by atoms with Crippen LogP contribution in [0.1, 0.15) is 36.0 Å². The van der Waals surface area contributed by atoms with Gasteiger partial charge >= 0.3 is 0 Å². The first-order valence-electron chi connectivity index (χ1n) is 5.94. The molecule has 0 saturated carbocycles. The number of alkyl halides is 1. The van der Waals surface area contributed by atoms with Gasteiger partial charge in [0.25, 0.3) is 5.91 Å². The molecule has 1 amide bonds. The summed E-state index contributed by atoms with van der Waals surface area (Å²) in [5.74, 6) is -0.814. The van der Waals surface area contributed by atoms with Crippen molar-refractivity contribution in [2.24, 2.45) is 0 Å². The zero-order chi connectivity index (χ0) is 13.4. The van der Waals surface area contributed by atoms with Crippen molar-refractivity contribution in [2.45, 2.75) is 25.7 Å². The number of nitrogens with one attached hydrogen (secondary N) is 1. The van der Waals surface area contributed by atoms with E-state index in [0.717, 1.165) is 18.9 Å². The molecule has 0 heterocycles. The van der Waals surface area contributed by atoms with Crippen molar-refractivity contribution in [3.8, 4) is 0 Å². The lowest BCUT2D eigenvalue weighted by Gasteiger charge is -2.05. The first-order chi connectivity index (χ1) is 8.65. The van der Waals surface area contributed by atoms with Crippen LogP contribution in [0.3, 0.4) is 0 Å². The van der Waals surface area contributed by atoms with E-state index in [2.05, 4.69) is 27.9 Å². The van der Waals surface area contributed by atoms with Gasteiger partial charge in [-0.15, -0.1) is 0 Å². The second kappa shape index (κ2) is 8.69. The molecule has 18 heavy (non-hydrogen) atoms. The van der Waals surface area contributed by atoms with Crippen molar-refractivity contribution < 1.29 is 9.18 Å². The molecule has 0 fully saturated rings. The molecule has 0 saturated heterocycles. The minimum Gasteiger partial charge on any atom is -0.352 e. The molecule has 0 unspecified atom stereocenters. The molecule has 0 aliphatic rings. The molecular weight excluding hydrogens is 368 g/mol. The second-order valence-electron chi connectivity index (χ2n) is 3.99. The van der Waals surface area contributed by atoms with Gasteiger partial charge < -0.3 is 5.32 Å². The maximum atomic E-state index is 13.2. The van der Waals surface area contributed by atoms with E-state index in [-0.39, 0.29) is 10.9 Å². The fraction of sp³-hybridized carbons (Fsp3) is 0.462. The van der Waals surface area contributed by atoms with Gasteiger partial charge in [0.1, 0.15) is 5.82 Å². The first-order valence-corrected chi connectivity index (χ1v) is 7.84. The summed E-state index contributed by atoms with van der Waals surface area (Å²) >= 11 is 7.91. The first kappa shape index (κ1) is 15.7. The highest BCUT2D eigenvalue weighted by Gasteiger charge is 2.07. The Kier molecular flexibility index (Phi) is 7.58. The van der Waals surface area contributed by atoms with Crippen molar-refractivity contribution >= 4 is 40.1 Å². The van der Waals surface area contributed by atoms with Crippen molar-refractivity contribution in [2.75, 3.05) is 11.0 Å². The zero-order valence-corrected chi connectivity index (χ0v) is 12.9. The largest absolute Gasteiger partial charge is 0.352 e. The quantitative estimate of drug-likeness (QED) is 0.427. The summed E-state index contributed by atoms with van der Waals surface area (Å²) in [5.41, 5.74) is 0.309. The predicted octanol–water partition coefficient (Wildman–Crippen LogP) is 4.20. The average Bonchev–Trinajstić information content (AvgIpc) is 2.36. The normalized spacial score (nSPS) is 10.4. The molecule has 0 atom stereocenters. The van der Waals surface area contributed by atoms with Gasteiger partial charge in [-0.25, -0.2) is 4.39 Å². The topological polar surface area (TPSA) is 29.1 Å². The van der Waals surface area contributed by atoms with E-state index < -0.39 is 5.82 Å². The van der Waals surface area contributed by atoms with Gasteiger partial charge in [-0.2, -0.15) is 0 Å². The number of carbonyl (C=O) groups is 1. The number of benzene rings is 1. The molecular formula is C13H16ClFINO. The number of unbranched alkanes of at least 4 members (excludes halogenated alkanes) is 3. The Bertz CT molecular complexity index is 401. The number of rotatable bonds is 7. The summed E-state index contributed by atoms with van der Waals surface area (Å²) in [5, 5.41) is 2.80. The standard InChI is InChI=1S/C13H16ClFINO/c14-11-6-5-10(9-12(11)15)13(18)17-8-4-2-1-3-7-16/h5-6,9H,1-4,7-8H2,(H,17,18). The van der Waals surface area contributed by atoms with E-state index in [1.807, 2.05) is 0 Å². The van der Waals surface area contributed by atoms with E-state index in [1.54, 1.807) is 0 Å². The number of amides is 1. The van der Waals surface area contributed by atoms with Crippen LogP contribution in [0.15, 0.2) is 18.2 Å². The second-order valence-corrected chi connectivity index (χ2v) is 5.47. The lowest BCUT2D eigenvalue weighted by atomic mass is 10.2. The lowest BCUT2D eigenvalue weighted by molar-refractivity contribution is 0.0952. The van der Waals surface area contributed by atoms with Crippen LogP contribution < -0.4 is 5.32 Å². The maximum Gasteiger partial charge on any atom is 0.251 e. The highest BCUT2D eigenvalue weighted by molar-refractivity contribution is 14.1. The molecule has 0 aromatic heterocycles. The lowest BCUT2D eigenvalue weighted by Crippen LogP contribution is -2.24. The fourth-order valence-corrected chi connectivity index (χ4v) is 2.17. The highest BCUT2D eigenvalue weighted by atomic mass is 127. The van der Waals surface area contributed by atoms with Crippen LogP contribution in [0.2, 0.25) is 5.02 Å². The fourth-order valence-electron chi connectivity index (χ4n) is 1.51. The Labute approximate surface area is 125 Å². The zero-order valence-electron chi connectivity index (χ0n) is 10.0. The molecule has 0 radical (unpaired) electrons. The molecule has 2 nitrogen and oxygen atoms in total. The predicted molar refractivity (Wildman–Crippen MR) is 81.1 cm³/mol. The molecule has 1 rings (SSSR count). The summed E-state index contributed by atoms with van der Waals surface area (Å²) in [7, 11) is 0. The maximum absolute atomic E-state index is 13.2. The number of carbonyl (C=O) groups excluding carboxylic acids is 1. The summed E-state index contributed by atoms with van der Waals surface area (Å²) in [6, 6.07) is 4.08. The summed E-state index contributed by atoms with van der Waals surface area (Å²) in [6.07, 6.45) is 4.47. The molecule has 1 N–H and O–H groups in total. The minimum absolute atomic E-state index is 0.0327. The Morgan fingerprint density at radius 1 is 1.28 bits per heavy atom. The van der Waals surface area contributed by atoms with Gasteiger partial charge in [-0.05, 0) is 35.5 Å². The molecule has 0 bridgehead atoms. The SMILES string of the molecule is O=C(NCCCCCCI)c1ccc(Cl)c(F)c1. The third-order valence-corrected chi connectivity index (χ3v) is 3.60. The van der Waals surface area contributed by atoms with Gasteiger partial charge in [0.05, 0.1) is 5.02 Å². The van der Waals surface area contributed by atoms with Crippen LogP contribution in [-0.2, 0) is 0 Å². The van der Waals surface area contributed by atoms with E-state index in [4.69, 9.17) is 11.6 Å². The van der Waals surface area contributed by atoms with Crippen molar-refractivity contribution in [3.63, 3.8) is 0 Å². The molecule has 100 valence electrons. The van der Waals surface area contributed by atoms with Crippen LogP contribution >= 0.6 is 34.2 Å². The van der Waals surface area contributed by atoms with Crippen LogP contribution in [0.25, 0.3) is 0 Å². The molecule has 1 aromatic carbocycles. The van der Waals surface area contributed by atoms with Crippen LogP contribution in [-0.4, -0.2) is 16.9 Å². The summed E-state index contributed by atoms with van der Waals surface area (Å²) in [4.78, 5) is 11.7. The number of halogens is 3. The van der Waals surface area contributed by atoms with Crippen molar-refractivity contribution in [3.05, 3.63) is 34.6 Å². The third kappa shape index (κ3) is 5.52. The number of hydrogen-bond donors (Lipinski definition) is 1. The van der Waals surface area contributed by atoms with Crippen LogP contribution in [0.4, 0.5) is 4.39 Å². The smallest absolute Gasteiger partial charge is 0.251 e. The van der Waals surface area contributed by atoms with Gasteiger partial charge in [0, 0.05) is 12.1 Å². The van der Waals surface area contributed by atoms with Crippen LogP contribution in [0, 0.1) is 5.82 Å². The Morgan fingerprint density at radius 2 is 2.00 bits per heavy atom. The van der Waals surface area contributed by atoms with E-state index in [1.165, 1.54) is 29.4 Å².